The van der Waals surface area contributed by atoms with Crippen LogP contribution in [-0.4, -0.2) is 0 Å². The molecule has 12 rings (SSSR count). The molecule has 2 aromatic heterocycles. The maximum atomic E-state index is 6.97. The minimum Gasteiger partial charge on any atom is -0.456 e. The van der Waals surface area contributed by atoms with E-state index in [2.05, 4.69) is 195 Å². The highest BCUT2D eigenvalue weighted by Crippen LogP contribution is 2.51. The van der Waals surface area contributed by atoms with E-state index in [4.69, 9.17) is 8.83 Å². The Morgan fingerprint density at radius 3 is 1.86 bits per heavy atom. The Kier molecular flexibility index (Phi) is 6.98. The first-order valence-corrected chi connectivity index (χ1v) is 20.0. The number of benzene rings is 9. The van der Waals surface area contributed by atoms with Gasteiger partial charge in [-0.2, -0.15) is 0 Å². The number of hydrogen-bond donors (Lipinski definition) is 0. The van der Waals surface area contributed by atoms with E-state index < -0.39 is 0 Å². The molecule has 11 aromatic rings. The van der Waals surface area contributed by atoms with E-state index in [9.17, 15) is 0 Å². The molecule has 0 saturated carbocycles. The predicted molar refractivity (Wildman–Crippen MR) is 242 cm³/mol. The molecule has 0 amide bonds. The molecule has 0 aliphatic heterocycles. The van der Waals surface area contributed by atoms with Gasteiger partial charge >= 0.3 is 0 Å². The summed E-state index contributed by atoms with van der Waals surface area (Å²) in [5, 5.41) is 6.71. The van der Waals surface area contributed by atoms with Crippen LogP contribution in [0.1, 0.15) is 25.0 Å². The highest BCUT2D eigenvalue weighted by Gasteiger charge is 2.35. The van der Waals surface area contributed by atoms with Crippen molar-refractivity contribution in [2.45, 2.75) is 19.3 Å². The molecule has 58 heavy (non-hydrogen) atoms. The lowest BCUT2D eigenvalue weighted by Gasteiger charge is -2.26. The molecular formula is C55H37NO2. The molecule has 0 N–H and O–H groups in total. The smallest absolute Gasteiger partial charge is 0.143 e. The molecule has 1 aliphatic rings. The largest absolute Gasteiger partial charge is 0.456 e. The fraction of sp³-hybridized carbons (Fsp3) is 0.0545. The topological polar surface area (TPSA) is 29.5 Å². The van der Waals surface area contributed by atoms with Crippen molar-refractivity contribution >= 4 is 71.7 Å². The van der Waals surface area contributed by atoms with Crippen molar-refractivity contribution < 1.29 is 8.83 Å². The standard InChI is InChI=1S/C55H37NO2/c1-55(2)47-22-10-8-17-40(47)41-31-28-35(32-48(41)55)38-20-12-21-43-46-33-45(39-16-6-7-18-42(39)54(46)58-53(38)43)34-26-29-37(30-27-34)56(36-14-4-3-5-15-36)49-23-13-25-51-52(49)44-19-9-11-24-50(44)57-51/h3-33H,1-2H3. The zero-order chi connectivity index (χ0) is 38.5. The maximum absolute atomic E-state index is 6.97. The molecule has 2 heterocycles. The molecule has 0 unspecified atom stereocenters. The zero-order valence-electron chi connectivity index (χ0n) is 32.2. The number of furan rings is 2. The summed E-state index contributed by atoms with van der Waals surface area (Å²) >= 11 is 0. The number of fused-ring (bicyclic) bond motifs is 11. The number of rotatable bonds is 5. The quantitative estimate of drug-likeness (QED) is 0.176. The summed E-state index contributed by atoms with van der Waals surface area (Å²) in [4.78, 5) is 2.33. The van der Waals surface area contributed by atoms with Gasteiger partial charge in [-0.25, -0.2) is 0 Å². The number of para-hydroxylation sites is 3. The van der Waals surface area contributed by atoms with E-state index >= 15 is 0 Å². The first kappa shape index (κ1) is 32.8. The summed E-state index contributed by atoms with van der Waals surface area (Å²) in [7, 11) is 0. The Morgan fingerprint density at radius 1 is 0.379 bits per heavy atom. The molecule has 0 bridgehead atoms. The molecule has 0 atom stereocenters. The average molecular weight is 744 g/mol. The van der Waals surface area contributed by atoms with E-state index in [0.29, 0.717) is 0 Å². The van der Waals surface area contributed by atoms with Gasteiger partial charge in [0.1, 0.15) is 22.3 Å². The molecule has 3 heteroatoms. The minimum atomic E-state index is -0.0799. The summed E-state index contributed by atoms with van der Waals surface area (Å²) in [5.74, 6) is 0. The normalized spacial score (nSPS) is 13.1. The van der Waals surface area contributed by atoms with Gasteiger partial charge in [0.05, 0.1) is 11.1 Å². The number of anilines is 3. The third-order valence-corrected chi connectivity index (χ3v) is 12.5. The first-order valence-electron chi connectivity index (χ1n) is 20.0. The maximum Gasteiger partial charge on any atom is 0.143 e. The monoisotopic (exact) mass is 743 g/mol. The number of hydrogen-bond acceptors (Lipinski definition) is 3. The second-order valence-electron chi connectivity index (χ2n) is 16.0. The van der Waals surface area contributed by atoms with Crippen LogP contribution in [0, 0.1) is 0 Å². The van der Waals surface area contributed by atoms with Gasteiger partial charge in [-0.15, -0.1) is 0 Å². The van der Waals surface area contributed by atoms with Crippen molar-refractivity contribution in [2.24, 2.45) is 0 Å². The highest BCUT2D eigenvalue weighted by molar-refractivity contribution is 6.21. The summed E-state index contributed by atoms with van der Waals surface area (Å²) in [6.07, 6.45) is 0. The third kappa shape index (κ3) is 4.74. The van der Waals surface area contributed by atoms with Crippen LogP contribution >= 0.6 is 0 Å². The van der Waals surface area contributed by atoms with Crippen LogP contribution in [0.3, 0.4) is 0 Å². The SMILES string of the molecule is CC1(C)c2ccccc2-c2ccc(-c3cccc4c3oc3c5ccccc5c(-c5ccc(N(c6ccccc6)c6cccc7oc8ccccc8c67)cc5)cc43)cc21. The van der Waals surface area contributed by atoms with Gasteiger partial charge in [0.2, 0.25) is 0 Å². The fourth-order valence-electron chi connectivity index (χ4n) is 9.69. The Hall–Kier alpha value is -7.36. The van der Waals surface area contributed by atoms with Crippen LogP contribution in [0.4, 0.5) is 17.1 Å². The van der Waals surface area contributed by atoms with Gasteiger partial charge in [-0.1, -0.05) is 147 Å². The molecule has 0 saturated heterocycles. The van der Waals surface area contributed by atoms with Gasteiger partial charge < -0.3 is 13.7 Å². The van der Waals surface area contributed by atoms with Crippen LogP contribution in [0.2, 0.25) is 0 Å². The van der Waals surface area contributed by atoms with Crippen molar-refractivity contribution in [3.63, 3.8) is 0 Å². The van der Waals surface area contributed by atoms with Crippen LogP contribution < -0.4 is 4.90 Å². The highest BCUT2D eigenvalue weighted by atomic mass is 16.3. The van der Waals surface area contributed by atoms with E-state index in [1.165, 1.54) is 33.4 Å². The Balaban J connectivity index is 1.00. The Morgan fingerprint density at radius 2 is 1.00 bits per heavy atom. The molecular weight excluding hydrogens is 707 g/mol. The zero-order valence-corrected chi connectivity index (χ0v) is 32.2. The third-order valence-electron chi connectivity index (χ3n) is 12.5. The molecule has 3 nitrogen and oxygen atoms in total. The minimum absolute atomic E-state index is 0.0799. The molecule has 0 radical (unpaired) electrons. The van der Waals surface area contributed by atoms with Crippen molar-refractivity contribution in [3.05, 3.63) is 199 Å². The lowest BCUT2D eigenvalue weighted by atomic mass is 9.81. The lowest BCUT2D eigenvalue weighted by Crippen LogP contribution is -2.14. The van der Waals surface area contributed by atoms with Gasteiger partial charge in [-0.05, 0) is 98.9 Å². The summed E-state index contributed by atoms with van der Waals surface area (Å²) in [5.41, 5.74) is 16.7. The first-order chi connectivity index (χ1) is 28.5. The Bertz CT molecular complexity index is 3420. The van der Waals surface area contributed by atoms with E-state index in [0.717, 1.165) is 82.8 Å². The van der Waals surface area contributed by atoms with Crippen LogP contribution in [0.25, 0.3) is 88.0 Å². The van der Waals surface area contributed by atoms with Crippen molar-refractivity contribution in [1.29, 1.82) is 0 Å². The second kappa shape index (κ2) is 12.3. The van der Waals surface area contributed by atoms with E-state index in [-0.39, 0.29) is 5.41 Å². The van der Waals surface area contributed by atoms with Crippen LogP contribution in [-0.2, 0) is 5.41 Å². The number of nitrogens with zero attached hydrogens (tertiary/aromatic N) is 1. The summed E-state index contributed by atoms with van der Waals surface area (Å²) in [6.45, 7) is 4.68. The van der Waals surface area contributed by atoms with Crippen molar-refractivity contribution in [2.75, 3.05) is 4.90 Å². The van der Waals surface area contributed by atoms with Gasteiger partial charge in [0.15, 0.2) is 0 Å². The molecule has 0 fully saturated rings. The molecule has 1 aliphatic carbocycles. The molecule has 9 aromatic carbocycles. The summed E-state index contributed by atoms with van der Waals surface area (Å²) in [6, 6.07) is 67.5. The van der Waals surface area contributed by atoms with E-state index in [1.54, 1.807) is 0 Å². The van der Waals surface area contributed by atoms with Crippen molar-refractivity contribution in [3.8, 4) is 33.4 Å². The van der Waals surface area contributed by atoms with Gasteiger partial charge in [-0.3, -0.25) is 0 Å². The molecule has 274 valence electrons. The average Bonchev–Trinajstić information content (AvgIpc) is 3.92. The van der Waals surface area contributed by atoms with Gasteiger partial charge in [0, 0.05) is 43.9 Å². The lowest BCUT2D eigenvalue weighted by molar-refractivity contribution is 0.660. The van der Waals surface area contributed by atoms with E-state index in [1.807, 2.05) is 12.1 Å². The fourth-order valence-corrected chi connectivity index (χ4v) is 9.69. The second-order valence-corrected chi connectivity index (χ2v) is 16.0. The Labute approximate surface area is 336 Å². The molecule has 0 spiro atoms. The van der Waals surface area contributed by atoms with Gasteiger partial charge in [0.25, 0.3) is 0 Å². The van der Waals surface area contributed by atoms with Crippen LogP contribution in [0.15, 0.2) is 197 Å². The van der Waals surface area contributed by atoms with Crippen molar-refractivity contribution in [1.82, 2.24) is 0 Å². The predicted octanol–water partition coefficient (Wildman–Crippen LogP) is 15.7. The van der Waals surface area contributed by atoms with Crippen LogP contribution in [0.5, 0.6) is 0 Å². The summed E-state index contributed by atoms with van der Waals surface area (Å²) < 4.78 is 13.3.